The molecule has 0 saturated heterocycles. The first-order valence-corrected chi connectivity index (χ1v) is 15.6. The van der Waals surface area contributed by atoms with Gasteiger partial charge < -0.3 is 25.6 Å². The van der Waals surface area contributed by atoms with Crippen LogP contribution in [0.1, 0.15) is 40.0 Å². The van der Waals surface area contributed by atoms with Crippen molar-refractivity contribution in [3.8, 4) is 10.6 Å². The van der Waals surface area contributed by atoms with Gasteiger partial charge in [-0.25, -0.2) is 9.78 Å². The van der Waals surface area contributed by atoms with Gasteiger partial charge >= 0.3 is 5.97 Å². The number of anilines is 2. The van der Waals surface area contributed by atoms with Gasteiger partial charge in [-0.15, -0.1) is 11.3 Å². The topological polar surface area (TPSA) is 147 Å². The molecule has 4 aromatic rings. The normalized spacial score (nSPS) is 12.2. The van der Waals surface area contributed by atoms with Crippen LogP contribution in [0.3, 0.4) is 0 Å². The van der Waals surface area contributed by atoms with Crippen LogP contribution in [0.4, 0.5) is 11.4 Å². The summed E-state index contributed by atoms with van der Waals surface area (Å²) in [7, 11) is 1.14. The lowest BCUT2D eigenvalue weighted by Crippen LogP contribution is -2.35. The molecule has 0 fully saturated rings. The Morgan fingerprint density at radius 1 is 0.854 bits per heavy atom. The second kappa shape index (κ2) is 15.0. The predicted octanol–water partition coefficient (Wildman–Crippen LogP) is 5.29. The lowest BCUT2D eigenvalue weighted by molar-refractivity contribution is -0.137. The molecule has 5 rings (SSSR count). The Balaban J connectivity index is 1.15. The molecule has 3 N–H and O–H groups in total. The van der Waals surface area contributed by atoms with Crippen LogP contribution in [0.15, 0.2) is 103 Å². The first-order valence-electron chi connectivity index (χ1n) is 14.7. The van der Waals surface area contributed by atoms with Crippen molar-refractivity contribution in [1.82, 2.24) is 15.6 Å². The maximum Gasteiger partial charge on any atom is 0.353 e. The summed E-state index contributed by atoms with van der Waals surface area (Å²) in [5, 5.41) is 9.41. The number of carbonyl (C=O) groups excluding carboxylic acids is 5. The Hall–Kier alpha value is -6.14. The number of thiazole rings is 1. The second-order valence-electron chi connectivity index (χ2n) is 10.6. The molecule has 0 atom stereocenters. The van der Waals surface area contributed by atoms with Gasteiger partial charge in [0.2, 0.25) is 11.8 Å². The summed E-state index contributed by atoms with van der Waals surface area (Å²) in [6.45, 7) is 7.29. The number of rotatable bonds is 10. The van der Waals surface area contributed by atoms with E-state index in [-0.39, 0.29) is 41.7 Å². The van der Waals surface area contributed by atoms with E-state index in [9.17, 15) is 24.0 Å². The number of nitrogens with one attached hydrogen (secondary N) is 3. The fourth-order valence-electron chi connectivity index (χ4n) is 4.80. The SMILES string of the molecule is C=C(NC(=O)c1csc(-c2ccc(NC(=O)CCC(=O)N3Cc4ccccc4/C=C\c4ccccc43)cc2)n1)C(=O)NC(=C)C(=O)OC. The zero-order valence-corrected chi connectivity index (χ0v) is 26.8. The molecule has 3 aromatic carbocycles. The van der Waals surface area contributed by atoms with Crippen LogP contribution in [0.25, 0.3) is 22.7 Å². The van der Waals surface area contributed by atoms with Gasteiger partial charge in [-0.05, 0) is 47.0 Å². The summed E-state index contributed by atoms with van der Waals surface area (Å²) in [6.07, 6.45) is 4.08. The third-order valence-electron chi connectivity index (χ3n) is 7.31. The molecule has 4 amide bonds. The molecule has 1 aliphatic heterocycles. The van der Waals surface area contributed by atoms with Crippen molar-refractivity contribution >= 4 is 64.5 Å². The van der Waals surface area contributed by atoms with Gasteiger partial charge in [0, 0.05) is 29.5 Å². The summed E-state index contributed by atoms with van der Waals surface area (Å²) in [5.41, 5.74) is 4.46. The number of amides is 4. The van der Waals surface area contributed by atoms with Crippen molar-refractivity contribution in [2.75, 3.05) is 17.3 Å². The third-order valence-corrected chi connectivity index (χ3v) is 8.20. The molecule has 0 unspecified atom stereocenters. The molecule has 48 heavy (non-hydrogen) atoms. The van der Waals surface area contributed by atoms with Gasteiger partial charge in [0.15, 0.2) is 0 Å². The van der Waals surface area contributed by atoms with Crippen LogP contribution < -0.4 is 20.9 Å². The molecule has 0 aliphatic carbocycles. The second-order valence-corrected chi connectivity index (χ2v) is 11.4. The Bertz CT molecular complexity index is 1960. The van der Waals surface area contributed by atoms with E-state index in [2.05, 4.69) is 44.9 Å². The molecule has 0 spiro atoms. The molecule has 0 bridgehead atoms. The number of hydrogen-bond donors (Lipinski definition) is 3. The van der Waals surface area contributed by atoms with E-state index in [1.807, 2.05) is 54.6 Å². The first kappa shape index (κ1) is 33.2. The number of methoxy groups -OCH3 is 1. The molecule has 0 radical (unpaired) electrons. The zero-order valence-electron chi connectivity index (χ0n) is 25.9. The highest BCUT2D eigenvalue weighted by molar-refractivity contribution is 7.13. The molecule has 12 heteroatoms. The van der Waals surface area contributed by atoms with Gasteiger partial charge in [-0.2, -0.15) is 0 Å². The minimum atomic E-state index is -0.831. The van der Waals surface area contributed by atoms with Gasteiger partial charge in [-0.1, -0.05) is 67.8 Å². The van der Waals surface area contributed by atoms with E-state index in [0.717, 1.165) is 29.5 Å². The Labute approximate surface area is 280 Å². The quantitative estimate of drug-likeness (QED) is 0.155. The highest BCUT2D eigenvalue weighted by atomic mass is 32.1. The fraction of sp³-hybridized carbons (Fsp3) is 0.111. The van der Waals surface area contributed by atoms with Crippen LogP contribution in [-0.2, 0) is 30.5 Å². The van der Waals surface area contributed by atoms with Crippen molar-refractivity contribution in [2.45, 2.75) is 19.4 Å². The van der Waals surface area contributed by atoms with Crippen LogP contribution in [0.5, 0.6) is 0 Å². The number of para-hydroxylation sites is 1. The number of benzene rings is 3. The lowest BCUT2D eigenvalue weighted by Gasteiger charge is -2.27. The summed E-state index contributed by atoms with van der Waals surface area (Å²) >= 11 is 1.21. The molecule has 0 saturated carbocycles. The van der Waals surface area contributed by atoms with E-state index >= 15 is 0 Å². The largest absolute Gasteiger partial charge is 0.464 e. The summed E-state index contributed by atoms with van der Waals surface area (Å²) in [4.78, 5) is 68.6. The first-order chi connectivity index (χ1) is 23.1. The summed E-state index contributed by atoms with van der Waals surface area (Å²) < 4.78 is 4.46. The smallest absolute Gasteiger partial charge is 0.353 e. The number of esters is 1. The summed E-state index contributed by atoms with van der Waals surface area (Å²) in [5.74, 6) is -2.79. The Morgan fingerprint density at radius 2 is 1.54 bits per heavy atom. The van der Waals surface area contributed by atoms with E-state index in [0.29, 0.717) is 22.8 Å². The van der Waals surface area contributed by atoms with Crippen LogP contribution in [0, 0.1) is 0 Å². The average Bonchev–Trinajstić information content (AvgIpc) is 3.59. The predicted molar refractivity (Wildman–Crippen MR) is 184 cm³/mol. The Kier molecular flexibility index (Phi) is 10.4. The molecule has 242 valence electrons. The molecule has 2 heterocycles. The van der Waals surface area contributed by atoms with Crippen LogP contribution >= 0.6 is 11.3 Å². The number of ether oxygens (including phenoxy) is 1. The number of carbonyl (C=O) groups is 5. The molecular weight excluding hydrogens is 630 g/mol. The zero-order chi connectivity index (χ0) is 34.2. The highest BCUT2D eigenvalue weighted by Crippen LogP contribution is 2.30. The van der Waals surface area contributed by atoms with Gasteiger partial charge in [-0.3, -0.25) is 19.2 Å². The van der Waals surface area contributed by atoms with Crippen molar-refractivity contribution in [3.05, 3.63) is 125 Å². The number of aromatic nitrogens is 1. The van der Waals surface area contributed by atoms with E-state index in [1.54, 1.807) is 29.2 Å². The van der Waals surface area contributed by atoms with Gasteiger partial charge in [0.25, 0.3) is 11.8 Å². The lowest BCUT2D eigenvalue weighted by atomic mass is 10.0. The Morgan fingerprint density at radius 3 is 2.29 bits per heavy atom. The molecule has 1 aromatic heterocycles. The average molecular weight is 662 g/mol. The minimum Gasteiger partial charge on any atom is -0.464 e. The van der Waals surface area contributed by atoms with Crippen LogP contribution in [-0.4, -0.2) is 41.7 Å². The molecule has 11 nitrogen and oxygen atoms in total. The monoisotopic (exact) mass is 661 g/mol. The maximum atomic E-state index is 13.5. The molecular formula is C36H31N5O6S. The van der Waals surface area contributed by atoms with Crippen molar-refractivity contribution in [3.63, 3.8) is 0 Å². The number of fused-ring (bicyclic) bond motifs is 2. The fourth-order valence-corrected chi connectivity index (χ4v) is 5.61. The standard InChI is InChI=1S/C36H31N5O6S/c1-22(33(44)38-23(2)36(46)47-3)37-34(45)29-21-48-35(40-29)26-14-16-28(17-15-26)39-31(42)18-19-32(43)41-20-27-10-5-4-8-24(27)12-13-25-9-6-7-11-30(25)41/h4-17,21H,1-2,18-20H2,3H3,(H,37,45)(H,38,44)(H,39,42)/b13-12-. The third kappa shape index (κ3) is 7.98. The highest BCUT2D eigenvalue weighted by Gasteiger charge is 2.22. The summed E-state index contributed by atoms with van der Waals surface area (Å²) in [6, 6.07) is 22.5. The van der Waals surface area contributed by atoms with Crippen LogP contribution in [0.2, 0.25) is 0 Å². The van der Waals surface area contributed by atoms with Crippen molar-refractivity contribution in [2.24, 2.45) is 0 Å². The van der Waals surface area contributed by atoms with Gasteiger partial charge in [0.1, 0.15) is 16.4 Å². The van der Waals surface area contributed by atoms with Crippen molar-refractivity contribution < 1.29 is 28.7 Å². The van der Waals surface area contributed by atoms with E-state index < -0.39 is 17.8 Å². The maximum absolute atomic E-state index is 13.5. The van der Waals surface area contributed by atoms with Gasteiger partial charge in [0.05, 0.1) is 25.0 Å². The van der Waals surface area contributed by atoms with E-state index in [1.165, 1.54) is 16.7 Å². The molecule has 1 aliphatic rings. The van der Waals surface area contributed by atoms with Crippen molar-refractivity contribution in [1.29, 1.82) is 0 Å². The number of nitrogens with zero attached hydrogens (tertiary/aromatic N) is 2. The minimum absolute atomic E-state index is 0.00179. The number of hydrogen-bond acceptors (Lipinski definition) is 8. The van der Waals surface area contributed by atoms with E-state index in [4.69, 9.17) is 0 Å².